The van der Waals surface area contributed by atoms with Gasteiger partial charge in [0.05, 0.1) is 19.5 Å². The Bertz CT molecular complexity index is 827. The molecule has 0 saturated carbocycles. The molecule has 2 N–H and O–H groups in total. The molecule has 2 aromatic rings. The van der Waals surface area contributed by atoms with Gasteiger partial charge < -0.3 is 14.6 Å². The number of hydrogen-bond acceptors (Lipinski definition) is 7. The molecule has 9 nitrogen and oxygen atoms in total. The van der Waals surface area contributed by atoms with Crippen molar-refractivity contribution < 1.29 is 27.6 Å². The lowest BCUT2D eigenvalue weighted by molar-refractivity contribution is -0.192. The van der Waals surface area contributed by atoms with Gasteiger partial charge in [-0.15, -0.1) is 0 Å². The van der Waals surface area contributed by atoms with Crippen molar-refractivity contribution in [1.82, 2.24) is 14.8 Å². The Labute approximate surface area is 163 Å². The van der Waals surface area contributed by atoms with Gasteiger partial charge in [-0.25, -0.2) is 9.67 Å². The van der Waals surface area contributed by atoms with Crippen LogP contribution >= 0.6 is 27.5 Å². The largest absolute Gasteiger partial charge is 0.394 e. The minimum atomic E-state index is -3.67. The van der Waals surface area contributed by atoms with Crippen LogP contribution in [0.3, 0.4) is 0 Å². The number of aliphatic hydroxyl groups excluding tert-OH is 1. The van der Waals surface area contributed by atoms with Crippen LogP contribution in [0.2, 0.25) is 5.02 Å². The van der Waals surface area contributed by atoms with E-state index in [0.29, 0.717) is 24.4 Å². The van der Waals surface area contributed by atoms with Gasteiger partial charge in [0.1, 0.15) is 25.3 Å². The van der Waals surface area contributed by atoms with Crippen LogP contribution in [0.1, 0.15) is 5.56 Å². The first-order valence-electron chi connectivity index (χ1n) is 7.26. The molecule has 0 bridgehead atoms. The van der Waals surface area contributed by atoms with E-state index < -0.39 is 15.9 Å². The predicted molar refractivity (Wildman–Crippen MR) is 96.2 cm³/mol. The molecule has 1 aliphatic rings. The fourth-order valence-electron chi connectivity index (χ4n) is 2.29. The third kappa shape index (κ3) is 5.98. The maximum atomic E-state index is 9.31. The molecule has 0 amide bonds. The van der Waals surface area contributed by atoms with E-state index >= 15 is 0 Å². The van der Waals surface area contributed by atoms with Crippen LogP contribution in [-0.2, 0) is 31.9 Å². The standard InChI is InChI=1S/C13H13BrClN3O3.CH4O3S/c14-12-3-9(15)1-2-11(12)13(6-18-8-16-7-17-18)20-5-10(4-19)21-13;1-5(2,3)4/h1-3,7-8,10,19H,4-6H2;1H3,(H,2,3,4). The molecule has 0 aliphatic carbocycles. The summed E-state index contributed by atoms with van der Waals surface area (Å²) in [6.07, 6.45) is 3.37. The second-order valence-corrected chi connectivity index (χ2v) is 8.19. The average Bonchev–Trinajstić information content (AvgIpc) is 3.16. The highest BCUT2D eigenvalue weighted by Crippen LogP contribution is 2.40. The highest BCUT2D eigenvalue weighted by molar-refractivity contribution is 9.10. The molecule has 3 rings (SSSR count). The molecule has 1 saturated heterocycles. The average molecular weight is 471 g/mol. The van der Waals surface area contributed by atoms with Crippen LogP contribution in [0.4, 0.5) is 0 Å². The van der Waals surface area contributed by atoms with Crippen molar-refractivity contribution in [1.29, 1.82) is 0 Å². The molecule has 2 unspecified atom stereocenters. The van der Waals surface area contributed by atoms with Gasteiger partial charge in [0.15, 0.2) is 0 Å². The molecule has 26 heavy (non-hydrogen) atoms. The zero-order valence-electron chi connectivity index (χ0n) is 13.6. The van der Waals surface area contributed by atoms with Crippen LogP contribution in [0, 0.1) is 0 Å². The Morgan fingerprint density at radius 3 is 2.69 bits per heavy atom. The Morgan fingerprint density at radius 2 is 2.19 bits per heavy atom. The first-order chi connectivity index (χ1) is 12.1. The summed E-state index contributed by atoms with van der Waals surface area (Å²) in [6.45, 7) is 0.522. The summed E-state index contributed by atoms with van der Waals surface area (Å²) >= 11 is 9.47. The SMILES string of the molecule is CS(=O)(=O)O.OCC1COC(Cn2cncn2)(c2ccc(Cl)cc2Br)O1. The van der Waals surface area contributed by atoms with E-state index in [-0.39, 0.29) is 12.7 Å². The molecule has 144 valence electrons. The molecule has 12 heteroatoms. The minimum absolute atomic E-state index is 0.107. The summed E-state index contributed by atoms with van der Waals surface area (Å²) in [5.74, 6) is -1.04. The Kier molecular flexibility index (Phi) is 7.13. The molecule has 1 fully saturated rings. The second kappa shape index (κ2) is 8.74. The first kappa shape index (κ1) is 21.2. The van der Waals surface area contributed by atoms with Crippen molar-refractivity contribution in [2.75, 3.05) is 19.5 Å². The number of nitrogens with zero attached hydrogens (tertiary/aromatic N) is 3. The monoisotopic (exact) mass is 469 g/mol. The van der Waals surface area contributed by atoms with E-state index in [2.05, 4.69) is 26.0 Å². The van der Waals surface area contributed by atoms with Gasteiger partial charge in [0, 0.05) is 15.1 Å². The van der Waals surface area contributed by atoms with E-state index in [1.807, 2.05) is 6.07 Å². The maximum absolute atomic E-state index is 9.31. The second-order valence-electron chi connectivity index (χ2n) is 5.44. The molecule has 2 atom stereocenters. The maximum Gasteiger partial charge on any atom is 0.261 e. The topological polar surface area (TPSA) is 124 Å². The molecular formula is C14H17BrClN3O6S. The van der Waals surface area contributed by atoms with Gasteiger partial charge >= 0.3 is 0 Å². The van der Waals surface area contributed by atoms with Crippen LogP contribution < -0.4 is 0 Å². The van der Waals surface area contributed by atoms with Gasteiger partial charge in [-0.2, -0.15) is 13.5 Å². The summed E-state index contributed by atoms with van der Waals surface area (Å²) in [4.78, 5) is 3.92. The third-order valence-corrected chi connectivity index (χ3v) is 4.13. The Morgan fingerprint density at radius 1 is 1.50 bits per heavy atom. The molecular weight excluding hydrogens is 454 g/mol. The van der Waals surface area contributed by atoms with Crippen molar-refractivity contribution in [2.45, 2.75) is 18.4 Å². The van der Waals surface area contributed by atoms with Crippen molar-refractivity contribution >= 4 is 37.6 Å². The van der Waals surface area contributed by atoms with E-state index in [0.717, 1.165) is 10.0 Å². The van der Waals surface area contributed by atoms with Gasteiger partial charge in [-0.05, 0) is 12.1 Å². The lowest BCUT2D eigenvalue weighted by Crippen LogP contribution is -2.34. The molecule has 1 aliphatic heterocycles. The van der Waals surface area contributed by atoms with Crippen molar-refractivity contribution in [3.63, 3.8) is 0 Å². The van der Waals surface area contributed by atoms with Crippen molar-refractivity contribution in [2.24, 2.45) is 0 Å². The molecule has 0 spiro atoms. The molecule has 0 radical (unpaired) electrons. The molecule has 2 heterocycles. The Hall–Kier alpha value is -1.08. The number of aliphatic hydroxyl groups is 1. The summed E-state index contributed by atoms with van der Waals surface area (Å²) in [5, 5.41) is 14.0. The fourth-order valence-corrected chi connectivity index (χ4v) is 3.27. The van der Waals surface area contributed by atoms with Gasteiger partial charge in [-0.3, -0.25) is 4.55 Å². The number of benzene rings is 1. The smallest absolute Gasteiger partial charge is 0.261 e. The third-order valence-electron chi connectivity index (χ3n) is 3.24. The van der Waals surface area contributed by atoms with Gasteiger partial charge in [-0.1, -0.05) is 33.6 Å². The van der Waals surface area contributed by atoms with Gasteiger partial charge in [0.25, 0.3) is 10.1 Å². The Balaban J connectivity index is 0.000000431. The number of hydrogen-bond donors (Lipinski definition) is 2. The number of halogens is 2. The van der Waals surface area contributed by atoms with Crippen LogP contribution in [0.25, 0.3) is 0 Å². The van der Waals surface area contributed by atoms with Crippen LogP contribution in [0.5, 0.6) is 0 Å². The van der Waals surface area contributed by atoms with Gasteiger partial charge in [0.2, 0.25) is 5.79 Å². The highest BCUT2D eigenvalue weighted by Gasteiger charge is 2.45. The first-order valence-corrected chi connectivity index (χ1v) is 10.3. The van der Waals surface area contributed by atoms with Crippen molar-refractivity contribution in [3.05, 3.63) is 45.9 Å². The van der Waals surface area contributed by atoms with E-state index in [1.54, 1.807) is 23.1 Å². The summed E-state index contributed by atoms with van der Waals surface area (Å²) in [6, 6.07) is 5.38. The molecule has 1 aromatic heterocycles. The zero-order chi connectivity index (χ0) is 19.4. The number of ether oxygens (including phenoxy) is 2. The normalized spacial score (nSPS) is 22.7. The minimum Gasteiger partial charge on any atom is -0.394 e. The lowest BCUT2D eigenvalue weighted by atomic mass is 10.1. The zero-order valence-corrected chi connectivity index (χ0v) is 16.8. The van der Waals surface area contributed by atoms with E-state index in [4.69, 9.17) is 25.6 Å². The van der Waals surface area contributed by atoms with Crippen LogP contribution in [-0.4, -0.2) is 58.4 Å². The number of rotatable bonds is 4. The van der Waals surface area contributed by atoms with Crippen molar-refractivity contribution in [3.8, 4) is 0 Å². The lowest BCUT2D eigenvalue weighted by Gasteiger charge is -2.29. The molecule has 1 aromatic carbocycles. The predicted octanol–water partition coefficient (Wildman–Crippen LogP) is 1.46. The highest BCUT2D eigenvalue weighted by atomic mass is 79.9. The van der Waals surface area contributed by atoms with E-state index in [9.17, 15) is 13.5 Å². The summed E-state index contributed by atoms with van der Waals surface area (Å²) in [7, 11) is -3.67. The van der Waals surface area contributed by atoms with Crippen LogP contribution in [0.15, 0.2) is 35.3 Å². The summed E-state index contributed by atoms with van der Waals surface area (Å²) < 4.78 is 40.1. The fraction of sp³-hybridized carbons (Fsp3) is 0.429. The van der Waals surface area contributed by atoms with E-state index in [1.165, 1.54) is 6.33 Å². The number of aromatic nitrogens is 3. The summed E-state index contributed by atoms with van der Waals surface area (Å²) in [5.41, 5.74) is 0.790. The quantitative estimate of drug-likeness (QED) is 0.644.